The van der Waals surface area contributed by atoms with E-state index in [1.165, 1.54) is 17.0 Å². The number of piperazine rings is 1. The van der Waals surface area contributed by atoms with Gasteiger partial charge in [0.2, 0.25) is 0 Å². The third-order valence-corrected chi connectivity index (χ3v) is 4.41. The van der Waals surface area contributed by atoms with Crippen molar-refractivity contribution in [3.63, 3.8) is 0 Å². The first-order chi connectivity index (χ1) is 12.9. The number of para-hydroxylation sites is 2. The highest BCUT2D eigenvalue weighted by atomic mass is 19.4. The van der Waals surface area contributed by atoms with Crippen LogP contribution in [-0.2, 0) is 6.18 Å². The molecule has 0 saturated carbocycles. The van der Waals surface area contributed by atoms with Gasteiger partial charge in [-0.3, -0.25) is 0 Å². The molecule has 0 unspecified atom stereocenters. The Labute approximate surface area is 154 Å². The topological polar surface area (TPSA) is 59.4 Å². The minimum atomic E-state index is -4.42. The fourth-order valence-corrected chi connectivity index (χ4v) is 3.02. The van der Waals surface area contributed by atoms with Crippen LogP contribution in [0.1, 0.15) is 11.1 Å². The van der Waals surface area contributed by atoms with E-state index in [9.17, 15) is 18.0 Å². The van der Waals surface area contributed by atoms with E-state index >= 15 is 0 Å². The van der Waals surface area contributed by atoms with Gasteiger partial charge in [-0.15, -0.1) is 0 Å². The Morgan fingerprint density at radius 2 is 1.63 bits per heavy atom. The molecule has 1 aliphatic rings. The smallest absolute Gasteiger partial charge is 0.367 e. The number of carbonyl (C=O) groups excluding carboxylic acids is 1. The molecule has 1 fully saturated rings. The van der Waals surface area contributed by atoms with Gasteiger partial charge in [-0.25, -0.2) is 4.79 Å². The Kier molecular flexibility index (Phi) is 5.21. The van der Waals surface area contributed by atoms with Gasteiger partial charge >= 0.3 is 12.2 Å². The van der Waals surface area contributed by atoms with Crippen molar-refractivity contribution < 1.29 is 18.0 Å². The van der Waals surface area contributed by atoms with Crippen LogP contribution in [0, 0.1) is 11.3 Å². The van der Waals surface area contributed by atoms with Crippen molar-refractivity contribution >= 4 is 17.4 Å². The number of rotatable bonds is 2. The highest BCUT2D eigenvalue weighted by Gasteiger charge is 2.35. The normalized spacial score (nSPS) is 14.6. The van der Waals surface area contributed by atoms with Gasteiger partial charge in [-0.05, 0) is 24.3 Å². The monoisotopic (exact) mass is 374 g/mol. The summed E-state index contributed by atoms with van der Waals surface area (Å²) in [6.07, 6.45) is -4.42. The predicted octanol–water partition coefficient (Wildman–Crippen LogP) is 3.93. The molecule has 2 amide bonds. The van der Waals surface area contributed by atoms with Gasteiger partial charge in [0.05, 0.1) is 16.8 Å². The molecular formula is C19H17F3N4O. The summed E-state index contributed by atoms with van der Waals surface area (Å²) in [5.41, 5.74) is 0.212. The summed E-state index contributed by atoms with van der Waals surface area (Å²) in [7, 11) is 0. The molecule has 2 aromatic rings. The Morgan fingerprint density at radius 1 is 1.00 bits per heavy atom. The van der Waals surface area contributed by atoms with Gasteiger partial charge in [0.1, 0.15) is 6.07 Å². The first-order valence-electron chi connectivity index (χ1n) is 8.36. The minimum absolute atomic E-state index is 0.125. The first kappa shape index (κ1) is 18.6. The molecule has 0 atom stereocenters. The second kappa shape index (κ2) is 7.58. The molecule has 1 saturated heterocycles. The van der Waals surface area contributed by atoms with Crippen LogP contribution in [-0.4, -0.2) is 37.1 Å². The Bertz CT molecular complexity index is 868. The molecule has 27 heavy (non-hydrogen) atoms. The van der Waals surface area contributed by atoms with Gasteiger partial charge in [-0.1, -0.05) is 24.3 Å². The van der Waals surface area contributed by atoms with Crippen molar-refractivity contribution in [2.24, 2.45) is 0 Å². The molecule has 2 aromatic carbocycles. The molecule has 0 bridgehead atoms. The zero-order valence-corrected chi connectivity index (χ0v) is 14.3. The number of halogens is 3. The van der Waals surface area contributed by atoms with Crippen LogP contribution in [0.25, 0.3) is 0 Å². The van der Waals surface area contributed by atoms with Crippen molar-refractivity contribution in [2.75, 3.05) is 36.4 Å². The van der Waals surface area contributed by atoms with Crippen LogP contribution < -0.4 is 10.2 Å². The van der Waals surface area contributed by atoms with Gasteiger partial charge in [0.25, 0.3) is 0 Å². The highest BCUT2D eigenvalue weighted by Crippen LogP contribution is 2.36. The number of alkyl halides is 3. The summed E-state index contributed by atoms with van der Waals surface area (Å²) in [6.45, 7) is 1.15. The summed E-state index contributed by atoms with van der Waals surface area (Å²) >= 11 is 0. The van der Waals surface area contributed by atoms with Crippen LogP contribution >= 0.6 is 0 Å². The summed E-state index contributed by atoms with van der Waals surface area (Å²) in [6, 6.07) is 13.7. The highest BCUT2D eigenvalue weighted by molar-refractivity contribution is 5.91. The Hall–Kier alpha value is -3.21. The molecule has 140 valence electrons. The molecule has 0 aliphatic carbocycles. The number of nitriles is 1. The fourth-order valence-electron chi connectivity index (χ4n) is 3.02. The SMILES string of the molecule is N#Cc1ccccc1NC(=O)N1CCN(c2ccccc2C(F)(F)F)CC1. The number of urea groups is 1. The number of carbonyl (C=O) groups is 1. The lowest BCUT2D eigenvalue weighted by Crippen LogP contribution is -2.50. The van der Waals surface area contributed by atoms with Crippen LogP contribution in [0.3, 0.4) is 0 Å². The van der Waals surface area contributed by atoms with E-state index in [1.54, 1.807) is 35.2 Å². The quantitative estimate of drug-likeness (QED) is 0.867. The van der Waals surface area contributed by atoms with E-state index < -0.39 is 11.7 Å². The Morgan fingerprint density at radius 3 is 2.30 bits per heavy atom. The number of hydrogen-bond donors (Lipinski definition) is 1. The lowest BCUT2D eigenvalue weighted by atomic mass is 10.1. The molecule has 0 radical (unpaired) electrons. The average molecular weight is 374 g/mol. The number of nitrogens with one attached hydrogen (secondary N) is 1. The number of amides is 2. The maximum atomic E-state index is 13.2. The summed E-state index contributed by atoms with van der Waals surface area (Å²) < 4.78 is 39.6. The molecule has 1 N–H and O–H groups in total. The van der Waals surface area contributed by atoms with Gasteiger partial charge in [0.15, 0.2) is 0 Å². The zero-order chi connectivity index (χ0) is 19.4. The lowest BCUT2D eigenvalue weighted by Gasteiger charge is -2.37. The third-order valence-electron chi connectivity index (χ3n) is 4.41. The van der Waals surface area contributed by atoms with Crippen molar-refractivity contribution in [1.29, 1.82) is 5.26 Å². The Balaban J connectivity index is 1.66. The van der Waals surface area contributed by atoms with Crippen molar-refractivity contribution in [3.8, 4) is 6.07 Å². The molecule has 1 aliphatic heterocycles. The van der Waals surface area contributed by atoms with E-state index in [-0.39, 0.29) is 24.8 Å². The third kappa shape index (κ3) is 4.14. The summed E-state index contributed by atoms with van der Waals surface area (Å²) in [4.78, 5) is 15.6. The molecule has 3 rings (SSSR count). The maximum Gasteiger partial charge on any atom is 0.418 e. The number of hydrogen-bond acceptors (Lipinski definition) is 3. The van der Waals surface area contributed by atoms with Crippen LogP contribution in [0.2, 0.25) is 0 Å². The second-order valence-electron chi connectivity index (χ2n) is 6.08. The minimum Gasteiger partial charge on any atom is -0.367 e. The van der Waals surface area contributed by atoms with E-state index in [4.69, 9.17) is 5.26 Å². The maximum absolute atomic E-state index is 13.2. The fraction of sp³-hybridized carbons (Fsp3) is 0.263. The number of benzene rings is 2. The first-order valence-corrected chi connectivity index (χ1v) is 8.36. The molecular weight excluding hydrogens is 357 g/mol. The molecule has 1 heterocycles. The second-order valence-corrected chi connectivity index (χ2v) is 6.08. The van der Waals surface area contributed by atoms with Crippen LogP contribution in [0.5, 0.6) is 0 Å². The predicted molar refractivity (Wildman–Crippen MR) is 95.4 cm³/mol. The molecule has 0 aromatic heterocycles. The van der Waals surface area contributed by atoms with Crippen molar-refractivity contribution in [2.45, 2.75) is 6.18 Å². The van der Waals surface area contributed by atoms with Gasteiger partial charge < -0.3 is 15.1 Å². The van der Waals surface area contributed by atoms with Crippen LogP contribution in [0.15, 0.2) is 48.5 Å². The molecule has 0 spiro atoms. The lowest BCUT2D eigenvalue weighted by molar-refractivity contribution is -0.137. The molecule has 8 heteroatoms. The van der Waals surface area contributed by atoms with E-state index in [0.29, 0.717) is 24.3 Å². The standard InChI is InChI=1S/C19H17F3N4O/c20-19(21,22)15-6-2-4-8-17(15)25-9-11-26(12-10-25)18(27)24-16-7-3-1-5-14(16)13-23/h1-8H,9-12H2,(H,24,27). The van der Waals surface area contributed by atoms with E-state index in [2.05, 4.69) is 5.32 Å². The van der Waals surface area contributed by atoms with E-state index in [0.717, 1.165) is 6.07 Å². The zero-order valence-electron chi connectivity index (χ0n) is 14.3. The van der Waals surface area contributed by atoms with Gasteiger partial charge in [0, 0.05) is 31.9 Å². The van der Waals surface area contributed by atoms with Crippen molar-refractivity contribution in [1.82, 2.24) is 4.90 Å². The number of anilines is 2. The molecule has 5 nitrogen and oxygen atoms in total. The van der Waals surface area contributed by atoms with E-state index in [1.807, 2.05) is 6.07 Å². The van der Waals surface area contributed by atoms with Gasteiger partial charge in [-0.2, -0.15) is 18.4 Å². The van der Waals surface area contributed by atoms with Crippen LogP contribution in [0.4, 0.5) is 29.3 Å². The van der Waals surface area contributed by atoms with Crippen molar-refractivity contribution in [3.05, 3.63) is 59.7 Å². The summed E-state index contributed by atoms with van der Waals surface area (Å²) in [5.74, 6) is 0. The average Bonchev–Trinajstić information content (AvgIpc) is 2.68. The largest absolute Gasteiger partial charge is 0.418 e. The number of nitrogens with zero attached hydrogens (tertiary/aromatic N) is 3. The summed E-state index contributed by atoms with van der Waals surface area (Å²) in [5, 5.41) is 11.8.